The van der Waals surface area contributed by atoms with Crippen LogP contribution in [-0.2, 0) is 0 Å². The summed E-state index contributed by atoms with van der Waals surface area (Å²) in [6.45, 7) is 3.84. The molecule has 0 unspecified atom stereocenters. The van der Waals surface area contributed by atoms with E-state index < -0.39 is 0 Å². The lowest BCUT2D eigenvalue weighted by Gasteiger charge is -2.12. The first kappa shape index (κ1) is 13.4. The number of anilines is 2. The Morgan fingerprint density at radius 2 is 1.95 bits per heavy atom. The number of carbonyl (C=O) groups excluding carboxylic acids is 1. The number of nitrogen functional groups attached to an aromatic ring is 1. The van der Waals surface area contributed by atoms with Crippen LogP contribution in [0.3, 0.4) is 0 Å². The van der Waals surface area contributed by atoms with Crippen molar-refractivity contribution in [2.45, 2.75) is 13.8 Å². The molecule has 5 heteroatoms. The minimum Gasteiger partial charge on any atom is -0.495 e. The second-order valence-corrected chi connectivity index (χ2v) is 5.22. The van der Waals surface area contributed by atoms with Gasteiger partial charge in [0.1, 0.15) is 10.6 Å². The number of thiophene rings is 1. The molecule has 0 saturated heterocycles. The molecule has 100 valence electrons. The Morgan fingerprint density at radius 1 is 1.32 bits per heavy atom. The Balaban J connectivity index is 2.29. The highest BCUT2D eigenvalue weighted by Crippen LogP contribution is 2.28. The van der Waals surface area contributed by atoms with Gasteiger partial charge in [-0.15, -0.1) is 11.3 Å². The summed E-state index contributed by atoms with van der Waals surface area (Å²) >= 11 is 1.35. The van der Waals surface area contributed by atoms with Crippen LogP contribution in [0.2, 0.25) is 0 Å². The van der Waals surface area contributed by atoms with E-state index in [4.69, 9.17) is 10.5 Å². The number of nitrogens with one attached hydrogen (secondary N) is 1. The molecule has 1 aromatic carbocycles. The first-order valence-corrected chi connectivity index (χ1v) is 6.70. The summed E-state index contributed by atoms with van der Waals surface area (Å²) in [6.07, 6.45) is 0. The molecule has 0 bridgehead atoms. The van der Waals surface area contributed by atoms with E-state index >= 15 is 0 Å². The predicted molar refractivity (Wildman–Crippen MR) is 79.2 cm³/mol. The van der Waals surface area contributed by atoms with Crippen LogP contribution < -0.4 is 15.8 Å². The van der Waals surface area contributed by atoms with Crippen LogP contribution in [0.1, 0.15) is 20.8 Å². The fourth-order valence-corrected chi connectivity index (χ4v) is 2.74. The molecule has 19 heavy (non-hydrogen) atoms. The number of carbonyl (C=O) groups is 1. The molecule has 0 saturated carbocycles. The largest absolute Gasteiger partial charge is 0.495 e. The number of hydrogen-bond acceptors (Lipinski definition) is 4. The second-order valence-electron chi connectivity index (χ2n) is 4.30. The number of nitrogens with two attached hydrogens (primary N) is 1. The summed E-state index contributed by atoms with van der Waals surface area (Å²) in [5.74, 6) is 0.427. The Hall–Kier alpha value is -2.01. The number of methoxy groups -OCH3 is 1. The molecular weight excluding hydrogens is 260 g/mol. The molecule has 0 spiro atoms. The summed E-state index contributed by atoms with van der Waals surface area (Å²) < 4.78 is 5.15. The maximum Gasteiger partial charge on any atom is 0.269 e. The second kappa shape index (κ2) is 5.32. The molecule has 2 aromatic rings. The third-order valence-corrected chi connectivity index (χ3v) is 3.74. The molecule has 2 rings (SSSR count). The molecule has 3 N–H and O–H groups in total. The Bertz CT molecular complexity index is 597. The zero-order valence-electron chi connectivity index (χ0n) is 11.1. The van der Waals surface area contributed by atoms with Crippen LogP contribution in [0.25, 0.3) is 0 Å². The van der Waals surface area contributed by atoms with Gasteiger partial charge in [-0.2, -0.15) is 0 Å². The standard InChI is InChI=1S/C14H16N2O2S/c1-8-6-10(15)7-9(2)12(8)16-14(17)13-11(18-3)4-5-19-13/h4-7H,15H2,1-3H3,(H,16,17). The zero-order chi connectivity index (χ0) is 14.0. The zero-order valence-corrected chi connectivity index (χ0v) is 11.9. The van der Waals surface area contributed by atoms with Gasteiger partial charge >= 0.3 is 0 Å². The van der Waals surface area contributed by atoms with E-state index in [-0.39, 0.29) is 5.91 Å². The highest BCUT2D eigenvalue weighted by atomic mass is 32.1. The lowest BCUT2D eigenvalue weighted by molar-refractivity contribution is 0.102. The average molecular weight is 276 g/mol. The lowest BCUT2D eigenvalue weighted by atomic mass is 10.1. The van der Waals surface area contributed by atoms with Gasteiger partial charge in [-0.25, -0.2) is 0 Å². The summed E-state index contributed by atoms with van der Waals surface area (Å²) in [5.41, 5.74) is 9.16. The minimum absolute atomic E-state index is 0.164. The van der Waals surface area contributed by atoms with E-state index in [1.165, 1.54) is 11.3 Å². The Morgan fingerprint density at radius 3 is 2.53 bits per heavy atom. The fraction of sp³-hybridized carbons (Fsp3) is 0.214. The molecule has 0 aliphatic rings. The van der Waals surface area contributed by atoms with E-state index in [1.54, 1.807) is 13.2 Å². The summed E-state index contributed by atoms with van der Waals surface area (Å²) in [7, 11) is 1.55. The van der Waals surface area contributed by atoms with Crippen molar-refractivity contribution in [3.8, 4) is 5.75 Å². The van der Waals surface area contributed by atoms with Crippen LogP contribution in [-0.4, -0.2) is 13.0 Å². The lowest BCUT2D eigenvalue weighted by Crippen LogP contribution is -2.13. The monoisotopic (exact) mass is 276 g/mol. The molecule has 0 radical (unpaired) electrons. The minimum atomic E-state index is -0.164. The van der Waals surface area contributed by atoms with Crippen molar-refractivity contribution in [2.24, 2.45) is 0 Å². The summed E-state index contributed by atoms with van der Waals surface area (Å²) in [5, 5.41) is 4.75. The SMILES string of the molecule is COc1ccsc1C(=O)Nc1c(C)cc(N)cc1C. The average Bonchev–Trinajstić information content (AvgIpc) is 2.81. The van der Waals surface area contributed by atoms with Crippen molar-refractivity contribution >= 4 is 28.6 Å². The van der Waals surface area contributed by atoms with E-state index in [0.717, 1.165) is 16.8 Å². The van der Waals surface area contributed by atoms with Gasteiger partial charge in [-0.3, -0.25) is 4.79 Å². The van der Waals surface area contributed by atoms with Gasteiger partial charge in [0, 0.05) is 11.4 Å². The first-order chi connectivity index (χ1) is 9.02. The summed E-state index contributed by atoms with van der Waals surface area (Å²) in [6, 6.07) is 5.46. The smallest absolute Gasteiger partial charge is 0.269 e. The number of hydrogen-bond donors (Lipinski definition) is 2. The molecule has 0 atom stereocenters. The number of aryl methyl sites for hydroxylation is 2. The quantitative estimate of drug-likeness (QED) is 0.846. The number of benzene rings is 1. The highest BCUT2D eigenvalue weighted by molar-refractivity contribution is 7.12. The molecule has 1 aromatic heterocycles. The predicted octanol–water partition coefficient (Wildman–Crippen LogP) is 3.21. The molecule has 1 heterocycles. The highest BCUT2D eigenvalue weighted by Gasteiger charge is 2.16. The Labute approximate surface area is 116 Å². The third-order valence-electron chi connectivity index (χ3n) is 2.85. The van der Waals surface area contributed by atoms with Gasteiger partial charge in [0.25, 0.3) is 5.91 Å². The van der Waals surface area contributed by atoms with Crippen LogP contribution in [0.4, 0.5) is 11.4 Å². The summed E-state index contributed by atoms with van der Waals surface area (Å²) in [4.78, 5) is 12.8. The van der Waals surface area contributed by atoms with E-state index in [0.29, 0.717) is 16.3 Å². The van der Waals surface area contributed by atoms with Gasteiger partial charge in [-0.05, 0) is 48.6 Å². The van der Waals surface area contributed by atoms with Gasteiger partial charge < -0.3 is 15.8 Å². The van der Waals surface area contributed by atoms with Gasteiger partial charge in [-0.1, -0.05) is 0 Å². The van der Waals surface area contributed by atoms with E-state index in [2.05, 4.69) is 5.32 Å². The van der Waals surface area contributed by atoms with Gasteiger partial charge in [0.2, 0.25) is 0 Å². The van der Waals surface area contributed by atoms with Gasteiger partial charge in [0.15, 0.2) is 0 Å². The van der Waals surface area contributed by atoms with E-state index in [1.807, 2.05) is 31.4 Å². The molecule has 0 aliphatic heterocycles. The number of rotatable bonds is 3. The van der Waals surface area contributed by atoms with E-state index in [9.17, 15) is 4.79 Å². The first-order valence-electron chi connectivity index (χ1n) is 5.82. The van der Waals surface area contributed by atoms with Crippen molar-refractivity contribution in [1.29, 1.82) is 0 Å². The van der Waals surface area contributed by atoms with Crippen LogP contribution in [0.5, 0.6) is 5.75 Å². The van der Waals surface area contributed by atoms with Crippen molar-refractivity contribution in [3.05, 3.63) is 39.6 Å². The molecular formula is C14H16N2O2S. The topological polar surface area (TPSA) is 64.3 Å². The van der Waals surface area contributed by atoms with Crippen LogP contribution in [0, 0.1) is 13.8 Å². The number of ether oxygens (including phenoxy) is 1. The van der Waals surface area contributed by atoms with Crippen molar-refractivity contribution in [3.63, 3.8) is 0 Å². The normalized spacial score (nSPS) is 10.3. The van der Waals surface area contributed by atoms with Crippen molar-refractivity contribution in [2.75, 3.05) is 18.2 Å². The maximum absolute atomic E-state index is 12.2. The van der Waals surface area contributed by atoms with Crippen LogP contribution >= 0.6 is 11.3 Å². The van der Waals surface area contributed by atoms with Crippen LogP contribution in [0.15, 0.2) is 23.6 Å². The Kier molecular flexibility index (Phi) is 3.76. The maximum atomic E-state index is 12.2. The van der Waals surface area contributed by atoms with Gasteiger partial charge in [0.05, 0.1) is 7.11 Å². The van der Waals surface area contributed by atoms with Crippen molar-refractivity contribution in [1.82, 2.24) is 0 Å². The molecule has 1 amide bonds. The van der Waals surface area contributed by atoms with Crippen molar-refractivity contribution < 1.29 is 9.53 Å². The molecule has 0 fully saturated rings. The fourth-order valence-electron chi connectivity index (χ4n) is 1.99. The third kappa shape index (κ3) is 2.71. The molecule has 0 aliphatic carbocycles. The number of amides is 1. The molecule has 4 nitrogen and oxygen atoms in total.